The Morgan fingerprint density at radius 2 is 1.77 bits per heavy atom. The zero-order chi connectivity index (χ0) is 16.3. The third kappa shape index (κ3) is 3.67. The molecule has 0 atom stereocenters. The highest BCUT2D eigenvalue weighted by Crippen LogP contribution is 2.36. The van der Waals surface area contributed by atoms with Crippen LogP contribution in [0.4, 0.5) is 13.2 Å². The lowest BCUT2D eigenvalue weighted by Gasteiger charge is -2.16. The first kappa shape index (κ1) is 16.1. The second-order valence-corrected chi connectivity index (χ2v) is 4.99. The molecule has 0 bridgehead atoms. The Bertz CT molecular complexity index is 676. The van der Waals surface area contributed by atoms with Crippen LogP contribution in [0.15, 0.2) is 42.5 Å². The van der Waals surface area contributed by atoms with Crippen molar-refractivity contribution in [3.05, 3.63) is 64.7 Å². The monoisotopic (exact) mass is 308 g/mol. The fourth-order valence-corrected chi connectivity index (χ4v) is 2.27. The number of hydrogen-bond donors (Lipinski definition) is 0. The molecule has 0 aliphatic carbocycles. The molecule has 0 unspecified atom stereocenters. The lowest BCUT2D eigenvalue weighted by Crippen LogP contribution is -2.14. The van der Waals surface area contributed by atoms with E-state index in [1.54, 1.807) is 0 Å². The van der Waals surface area contributed by atoms with Crippen molar-refractivity contribution in [2.24, 2.45) is 0 Å². The average Bonchev–Trinajstić information content (AvgIpc) is 2.44. The highest BCUT2D eigenvalue weighted by Gasteiger charge is 2.36. The molecule has 0 aliphatic heterocycles. The van der Waals surface area contributed by atoms with E-state index in [1.165, 1.54) is 13.0 Å². The third-order valence-electron chi connectivity index (χ3n) is 3.21. The predicted octanol–water partition coefficient (Wildman–Crippen LogP) is 4.80. The molecule has 0 N–H and O–H groups in total. The second kappa shape index (κ2) is 6.22. The topological polar surface area (TPSA) is 26.3 Å². The molecule has 0 fully saturated rings. The zero-order valence-electron chi connectivity index (χ0n) is 12.2. The molecule has 0 aromatic heterocycles. The minimum Gasteiger partial charge on any atom is -0.489 e. The van der Waals surface area contributed by atoms with Crippen molar-refractivity contribution in [3.63, 3.8) is 0 Å². The molecular formula is C17H15F3O2. The maximum Gasteiger partial charge on any atom is 0.417 e. The quantitative estimate of drug-likeness (QED) is 0.759. The van der Waals surface area contributed by atoms with Gasteiger partial charge in [0.2, 0.25) is 0 Å². The van der Waals surface area contributed by atoms with E-state index in [0.29, 0.717) is 0 Å². The van der Waals surface area contributed by atoms with E-state index in [0.717, 1.165) is 18.6 Å². The Balaban J connectivity index is 2.34. The van der Waals surface area contributed by atoms with Crippen LogP contribution in [-0.2, 0) is 12.8 Å². The number of benzene rings is 2. The van der Waals surface area contributed by atoms with Gasteiger partial charge in [-0.1, -0.05) is 30.3 Å². The molecule has 22 heavy (non-hydrogen) atoms. The van der Waals surface area contributed by atoms with Crippen LogP contribution >= 0.6 is 0 Å². The first-order chi connectivity index (χ1) is 10.3. The number of Topliss-reactive ketones (excluding diaryl/α,β-unsaturated/α-hetero) is 1. The minimum absolute atomic E-state index is 0.0960. The molecule has 0 radical (unpaired) electrons. The molecule has 2 rings (SSSR count). The summed E-state index contributed by atoms with van der Waals surface area (Å²) in [5.41, 5.74) is -0.155. The number of ether oxygens (including phenoxy) is 1. The molecule has 5 heteroatoms. The van der Waals surface area contributed by atoms with Gasteiger partial charge in [0.15, 0.2) is 5.78 Å². The lowest BCUT2D eigenvalue weighted by molar-refractivity contribution is -0.138. The van der Waals surface area contributed by atoms with Crippen molar-refractivity contribution < 1.29 is 22.7 Å². The van der Waals surface area contributed by atoms with Gasteiger partial charge >= 0.3 is 6.18 Å². The highest BCUT2D eigenvalue weighted by atomic mass is 19.4. The van der Waals surface area contributed by atoms with Crippen LogP contribution in [0, 0.1) is 6.92 Å². The van der Waals surface area contributed by atoms with Crippen molar-refractivity contribution in [1.82, 2.24) is 0 Å². The lowest BCUT2D eigenvalue weighted by atomic mass is 9.98. The van der Waals surface area contributed by atoms with Crippen molar-refractivity contribution in [2.75, 3.05) is 0 Å². The smallest absolute Gasteiger partial charge is 0.417 e. The molecule has 2 nitrogen and oxygen atoms in total. The van der Waals surface area contributed by atoms with Crippen molar-refractivity contribution in [2.45, 2.75) is 26.6 Å². The normalized spacial score (nSPS) is 11.3. The number of ketones is 1. The first-order valence-electron chi connectivity index (χ1n) is 6.68. The summed E-state index contributed by atoms with van der Waals surface area (Å²) in [6.45, 7) is 2.76. The van der Waals surface area contributed by atoms with E-state index in [1.807, 2.05) is 30.3 Å². The van der Waals surface area contributed by atoms with Gasteiger partial charge in [-0.25, -0.2) is 0 Å². The Morgan fingerprint density at radius 1 is 1.14 bits per heavy atom. The third-order valence-corrected chi connectivity index (χ3v) is 3.21. The second-order valence-electron chi connectivity index (χ2n) is 4.99. The number of rotatable bonds is 4. The van der Waals surface area contributed by atoms with Crippen LogP contribution in [0.5, 0.6) is 5.75 Å². The van der Waals surface area contributed by atoms with E-state index < -0.39 is 17.5 Å². The summed E-state index contributed by atoms with van der Waals surface area (Å²) in [6, 6.07) is 11.5. The Morgan fingerprint density at radius 3 is 2.32 bits per heavy atom. The summed E-state index contributed by atoms with van der Waals surface area (Å²) in [7, 11) is 0. The van der Waals surface area contributed by atoms with E-state index in [4.69, 9.17) is 4.74 Å². The van der Waals surface area contributed by atoms with Gasteiger partial charge in [-0.15, -0.1) is 0 Å². The standard InChI is InChI=1S/C17H15F3O2/c1-11-8-14(22-10-13-6-4-3-5-7-13)9-15(17(18,19)20)16(11)12(2)21/h3-9H,10H2,1-2H3. The summed E-state index contributed by atoms with van der Waals surface area (Å²) in [5.74, 6) is -0.516. The van der Waals surface area contributed by atoms with E-state index in [9.17, 15) is 18.0 Å². The van der Waals surface area contributed by atoms with Gasteiger partial charge in [-0.05, 0) is 37.1 Å². The average molecular weight is 308 g/mol. The van der Waals surface area contributed by atoms with Gasteiger partial charge in [-0.3, -0.25) is 4.79 Å². The molecule has 0 aliphatic rings. The molecule has 2 aromatic rings. The fourth-order valence-electron chi connectivity index (χ4n) is 2.27. The van der Waals surface area contributed by atoms with Gasteiger partial charge in [-0.2, -0.15) is 13.2 Å². The van der Waals surface area contributed by atoms with Crippen molar-refractivity contribution >= 4 is 5.78 Å². The van der Waals surface area contributed by atoms with Crippen LogP contribution in [-0.4, -0.2) is 5.78 Å². The molecule has 0 saturated carbocycles. The summed E-state index contributed by atoms with van der Waals surface area (Å²) in [5, 5.41) is 0. The number of carbonyl (C=O) groups is 1. The molecule has 0 saturated heterocycles. The maximum absolute atomic E-state index is 13.1. The van der Waals surface area contributed by atoms with Gasteiger partial charge in [0.1, 0.15) is 12.4 Å². The van der Waals surface area contributed by atoms with Gasteiger partial charge in [0, 0.05) is 5.56 Å². The first-order valence-corrected chi connectivity index (χ1v) is 6.68. The summed E-state index contributed by atoms with van der Waals surface area (Å²) in [6.07, 6.45) is -4.60. The van der Waals surface area contributed by atoms with Crippen LogP contribution in [0.1, 0.15) is 34.0 Å². The number of carbonyl (C=O) groups excluding carboxylic acids is 1. The maximum atomic E-state index is 13.1. The van der Waals surface area contributed by atoms with Gasteiger partial charge in [0.25, 0.3) is 0 Å². The SMILES string of the molecule is CC(=O)c1c(C)cc(OCc2ccccc2)cc1C(F)(F)F. The highest BCUT2D eigenvalue weighted by molar-refractivity contribution is 5.97. The number of halogens is 3. The van der Waals surface area contributed by atoms with Crippen LogP contribution < -0.4 is 4.74 Å². The van der Waals surface area contributed by atoms with E-state index >= 15 is 0 Å². The Hall–Kier alpha value is -2.30. The predicted molar refractivity (Wildman–Crippen MR) is 77.0 cm³/mol. The summed E-state index contributed by atoms with van der Waals surface area (Å²) >= 11 is 0. The zero-order valence-corrected chi connectivity index (χ0v) is 12.2. The van der Waals surface area contributed by atoms with E-state index in [2.05, 4.69) is 0 Å². The molecule has 116 valence electrons. The molecule has 0 amide bonds. The van der Waals surface area contributed by atoms with Crippen LogP contribution in [0.2, 0.25) is 0 Å². The summed E-state index contributed by atoms with van der Waals surface area (Å²) < 4.78 is 44.8. The minimum atomic E-state index is -4.60. The number of hydrogen-bond acceptors (Lipinski definition) is 2. The van der Waals surface area contributed by atoms with Crippen molar-refractivity contribution in [3.8, 4) is 5.75 Å². The number of aryl methyl sites for hydroxylation is 1. The van der Waals surface area contributed by atoms with Crippen molar-refractivity contribution in [1.29, 1.82) is 0 Å². The Kier molecular flexibility index (Phi) is 4.54. The van der Waals surface area contributed by atoms with Gasteiger partial charge < -0.3 is 4.74 Å². The number of alkyl halides is 3. The molecule has 0 heterocycles. The van der Waals surface area contributed by atoms with Crippen LogP contribution in [0.25, 0.3) is 0 Å². The molecule has 2 aromatic carbocycles. The fraction of sp³-hybridized carbons (Fsp3) is 0.235. The molecule has 0 spiro atoms. The van der Waals surface area contributed by atoms with E-state index in [-0.39, 0.29) is 23.5 Å². The largest absolute Gasteiger partial charge is 0.489 e. The van der Waals surface area contributed by atoms with Gasteiger partial charge in [0.05, 0.1) is 5.56 Å². The molecular weight excluding hydrogens is 293 g/mol. The Labute approximate surface area is 126 Å². The summed E-state index contributed by atoms with van der Waals surface area (Å²) in [4.78, 5) is 11.5. The van der Waals surface area contributed by atoms with Crippen LogP contribution in [0.3, 0.4) is 0 Å².